The minimum absolute atomic E-state index is 0.789. The Bertz CT molecular complexity index is 356. The first-order chi connectivity index (χ1) is 8.31. The number of likely N-dealkylation sites (tertiary alicyclic amines) is 1. The summed E-state index contributed by atoms with van der Waals surface area (Å²) in [5.74, 6) is 2.52. The molecule has 0 amide bonds. The van der Waals surface area contributed by atoms with E-state index in [2.05, 4.69) is 23.1 Å². The van der Waals surface area contributed by atoms with Gasteiger partial charge in [-0.25, -0.2) is 0 Å². The van der Waals surface area contributed by atoms with Crippen LogP contribution in [0.5, 0.6) is 5.75 Å². The normalized spacial score (nSPS) is 20.7. The van der Waals surface area contributed by atoms with Crippen LogP contribution in [0.2, 0.25) is 0 Å². The minimum atomic E-state index is 0.789. The van der Waals surface area contributed by atoms with E-state index >= 15 is 0 Å². The molecule has 1 heterocycles. The van der Waals surface area contributed by atoms with Crippen LogP contribution in [0.3, 0.4) is 0 Å². The van der Waals surface area contributed by atoms with Gasteiger partial charge in [-0.3, -0.25) is 4.90 Å². The van der Waals surface area contributed by atoms with E-state index in [1.165, 1.54) is 25.1 Å². The number of rotatable bonds is 5. The van der Waals surface area contributed by atoms with Crippen LogP contribution in [0.25, 0.3) is 0 Å². The lowest BCUT2D eigenvalue weighted by Crippen LogP contribution is -2.20. The smallest absolute Gasteiger partial charge is 0.119 e. The number of hydrogen-bond acceptors (Lipinski definition) is 2. The van der Waals surface area contributed by atoms with Gasteiger partial charge in [0.1, 0.15) is 5.75 Å². The van der Waals surface area contributed by atoms with Crippen molar-refractivity contribution in [2.45, 2.75) is 19.4 Å². The molecule has 1 saturated heterocycles. The Labute approximate surface area is 109 Å². The molecule has 1 atom stereocenters. The van der Waals surface area contributed by atoms with Crippen LogP contribution in [0.1, 0.15) is 18.4 Å². The van der Waals surface area contributed by atoms with E-state index in [4.69, 9.17) is 16.3 Å². The second kappa shape index (κ2) is 6.27. The number of halogens is 1. The maximum atomic E-state index is 5.79. The van der Waals surface area contributed by atoms with Gasteiger partial charge in [0.05, 0.1) is 7.11 Å². The van der Waals surface area contributed by atoms with E-state index in [0.29, 0.717) is 0 Å². The fraction of sp³-hybridized carbons (Fsp3) is 0.571. The molecule has 17 heavy (non-hydrogen) atoms. The molecule has 0 bridgehead atoms. The molecule has 2 rings (SSSR count). The molecule has 3 heteroatoms. The van der Waals surface area contributed by atoms with Crippen LogP contribution in [-0.2, 0) is 6.54 Å². The van der Waals surface area contributed by atoms with Crippen LogP contribution in [-0.4, -0.2) is 31.0 Å². The molecule has 2 nitrogen and oxygen atoms in total. The van der Waals surface area contributed by atoms with Gasteiger partial charge in [0.2, 0.25) is 0 Å². The van der Waals surface area contributed by atoms with Crippen LogP contribution in [0, 0.1) is 5.92 Å². The maximum absolute atomic E-state index is 5.79. The molecule has 1 unspecified atom stereocenters. The first-order valence-corrected chi connectivity index (χ1v) is 6.76. The zero-order valence-corrected chi connectivity index (χ0v) is 11.1. The fourth-order valence-corrected chi connectivity index (χ4v) is 2.78. The Balaban J connectivity index is 1.88. The molecular formula is C14H20ClNO. The van der Waals surface area contributed by atoms with Crippen molar-refractivity contribution in [2.24, 2.45) is 5.92 Å². The summed E-state index contributed by atoms with van der Waals surface area (Å²) >= 11 is 5.79. The van der Waals surface area contributed by atoms with Gasteiger partial charge < -0.3 is 4.74 Å². The van der Waals surface area contributed by atoms with Gasteiger partial charge >= 0.3 is 0 Å². The van der Waals surface area contributed by atoms with Crippen molar-refractivity contribution in [1.82, 2.24) is 4.90 Å². The lowest BCUT2D eigenvalue weighted by molar-refractivity contribution is 0.314. The Morgan fingerprint density at radius 2 is 2.35 bits per heavy atom. The van der Waals surface area contributed by atoms with E-state index < -0.39 is 0 Å². The molecule has 0 N–H and O–H groups in total. The van der Waals surface area contributed by atoms with Crippen molar-refractivity contribution >= 4 is 11.6 Å². The van der Waals surface area contributed by atoms with Crippen LogP contribution < -0.4 is 4.74 Å². The highest BCUT2D eigenvalue weighted by atomic mass is 35.5. The SMILES string of the molecule is COc1cccc(CN2CCC(CCCl)C2)c1. The van der Waals surface area contributed by atoms with E-state index in [0.717, 1.165) is 30.5 Å². The van der Waals surface area contributed by atoms with Crippen molar-refractivity contribution in [3.63, 3.8) is 0 Å². The van der Waals surface area contributed by atoms with Gasteiger partial charge in [0.15, 0.2) is 0 Å². The number of methoxy groups -OCH3 is 1. The largest absolute Gasteiger partial charge is 0.497 e. The average molecular weight is 254 g/mol. The predicted molar refractivity (Wildman–Crippen MR) is 71.7 cm³/mol. The quantitative estimate of drug-likeness (QED) is 0.748. The molecule has 1 aromatic carbocycles. The van der Waals surface area contributed by atoms with Gasteiger partial charge in [0, 0.05) is 19.0 Å². The zero-order valence-electron chi connectivity index (χ0n) is 10.4. The number of nitrogens with zero attached hydrogens (tertiary/aromatic N) is 1. The Morgan fingerprint density at radius 3 is 3.12 bits per heavy atom. The van der Waals surface area contributed by atoms with E-state index in [-0.39, 0.29) is 0 Å². The topological polar surface area (TPSA) is 12.5 Å². The second-order valence-electron chi connectivity index (χ2n) is 4.72. The van der Waals surface area contributed by atoms with E-state index in [1.54, 1.807) is 7.11 Å². The molecule has 0 radical (unpaired) electrons. The predicted octanol–water partition coefficient (Wildman–Crippen LogP) is 3.15. The summed E-state index contributed by atoms with van der Waals surface area (Å²) in [5.41, 5.74) is 1.33. The summed E-state index contributed by atoms with van der Waals surface area (Å²) in [6.45, 7) is 3.40. The maximum Gasteiger partial charge on any atom is 0.119 e. The van der Waals surface area contributed by atoms with Gasteiger partial charge in [-0.15, -0.1) is 11.6 Å². The van der Waals surface area contributed by atoms with Crippen molar-refractivity contribution in [3.05, 3.63) is 29.8 Å². The highest BCUT2D eigenvalue weighted by Crippen LogP contribution is 2.22. The molecule has 0 aliphatic carbocycles. The number of alkyl halides is 1. The molecule has 1 aliphatic heterocycles. The molecule has 1 fully saturated rings. The first kappa shape index (κ1) is 12.7. The summed E-state index contributed by atoms with van der Waals surface area (Å²) in [4.78, 5) is 2.51. The summed E-state index contributed by atoms with van der Waals surface area (Å²) in [5, 5.41) is 0. The highest BCUT2D eigenvalue weighted by molar-refractivity contribution is 6.17. The van der Waals surface area contributed by atoms with Crippen LogP contribution in [0.15, 0.2) is 24.3 Å². The van der Waals surface area contributed by atoms with E-state index in [1.807, 2.05) is 6.07 Å². The monoisotopic (exact) mass is 253 g/mol. The van der Waals surface area contributed by atoms with Crippen molar-refractivity contribution in [1.29, 1.82) is 0 Å². The molecule has 0 aromatic heterocycles. The average Bonchev–Trinajstić information content (AvgIpc) is 2.77. The highest BCUT2D eigenvalue weighted by Gasteiger charge is 2.21. The first-order valence-electron chi connectivity index (χ1n) is 6.23. The minimum Gasteiger partial charge on any atom is -0.497 e. The van der Waals surface area contributed by atoms with E-state index in [9.17, 15) is 0 Å². The Kier molecular flexibility index (Phi) is 4.69. The second-order valence-corrected chi connectivity index (χ2v) is 5.10. The van der Waals surface area contributed by atoms with Crippen LogP contribution >= 0.6 is 11.6 Å². The number of ether oxygens (including phenoxy) is 1. The molecule has 94 valence electrons. The van der Waals surface area contributed by atoms with Gasteiger partial charge in [-0.1, -0.05) is 12.1 Å². The summed E-state index contributed by atoms with van der Waals surface area (Å²) in [7, 11) is 1.71. The lowest BCUT2D eigenvalue weighted by Gasteiger charge is -2.16. The summed E-state index contributed by atoms with van der Waals surface area (Å²) < 4.78 is 5.24. The zero-order chi connectivity index (χ0) is 12.1. The number of hydrogen-bond donors (Lipinski definition) is 0. The van der Waals surface area contributed by atoms with Gasteiger partial charge in [0.25, 0.3) is 0 Å². The molecule has 1 aliphatic rings. The molecule has 0 saturated carbocycles. The standard InChI is InChI=1S/C14H20ClNO/c1-17-14-4-2-3-13(9-14)11-16-8-6-12(10-16)5-7-15/h2-4,9,12H,5-8,10-11H2,1H3. The van der Waals surface area contributed by atoms with Crippen molar-refractivity contribution < 1.29 is 4.74 Å². The summed E-state index contributed by atoms with van der Waals surface area (Å²) in [6.07, 6.45) is 2.44. The molecule has 1 aromatic rings. The third-order valence-corrected chi connectivity index (χ3v) is 3.65. The third kappa shape index (κ3) is 3.62. The molecular weight excluding hydrogens is 234 g/mol. The third-order valence-electron chi connectivity index (χ3n) is 3.43. The van der Waals surface area contributed by atoms with Crippen molar-refractivity contribution in [3.8, 4) is 5.75 Å². The van der Waals surface area contributed by atoms with Gasteiger partial charge in [-0.05, 0) is 43.0 Å². The fourth-order valence-electron chi connectivity index (χ4n) is 2.48. The van der Waals surface area contributed by atoms with Crippen LogP contribution in [0.4, 0.5) is 0 Å². The summed E-state index contributed by atoms with van der Waals surface area (Å²) in [6, 6.07) is 8.33. The number of benzene rings is 1. The van der Waals surface area contributed by atoms with Gasteiger partial charge in [-0.2, -0.15) is 0 Å². The van der Waals surface area contributed by atoms with Crippen molar-refractivity contribution in [2.75, 3.05) is 26.1 Å². The Hall–Kier alpha value is -0.730. The Morgan fingerprint density at radius 1 is 1.47 bits per heavy atom. The molecule has 0 spiro atoms. The lowest BCUT2D eigenvalue weighted by atomic mass is 10.1.